The molecule has 0 fully saturated rings. The van der Waals surface area contributed by atoms with Crippen molar-refractivity contribution in [1.82, 2.24) is 0 Å². The zero-order chi connectivity index (χ0) is 22.7. The number of unbranched alkanes of at least 4 members (excludes halogenated alkanes) is 2. The van der Waals surface area contributed by atoms with Crippen LogP contribution >= 0.6 is 0 Å². The fourth-order valence-electron chi connectivity index (χ4n) is 5.21. The van der Waals surface area contributed by atoms with E-state index in [4.69, 9.17) is 9.47 Å². The van der Waals surface area contributed by atoms with Crippen LogP contribution in [0.15, 0.2) is 97.1 Å². The van der Waals surface area contributed by atoms with Crippen LogP contribution in [0.1, 0.15) is 48.4 Å². The molecule has 0 saturated carbocycles. The van der Waals surface area contributed by atoms with Crippen molar-refractivity contribution in [2.24, 2.45) is 0 Å². The average Bonchev–Trinajstić information content (AvgIpc) is 3.18. The SMILES string of the molecule is CCCCCOc1ccc(C2(c3ccc(OC)cc3)c3ccccc3-c3ccccc32)cc1. The molecule has 33 heavy (non-hydrogen) atoms. The molecule has 0 amide bonds. The molecule has 0 bridgehead atoms. The molecular formula is C31H30O2. The Kier molecular flexibility index (Phi) is 5.92. The maximum atomic E-state index is 6.02. The lowest BCUT2D eigenvalue weighted by atomic mass is 9.68. The van der Waals surface area contributed by atoms with E-state index in [0.717, 1.165) is 24.5 Å². The van der Waals surface area contributed by atoms with Crippen LogP contribution in [0.2, 0.25) is 0 Å². The van der Waals surface area contributed by atoms with Gasteiger partial charge in [-0.3, -0.25) is 0 Å². The molecule has 2 heteroatoms. The second-order valence-electron chi connectivity index (χ2n) is 8.65. The summed E-state index contributed by atoms with van der Waals surface area (Å²) in [7, 11) is 1.71. The molecule has 0 heterocycles. The van der Waals surface area contributed by atoms with E-state index in [1.54, 1.807) is 7.11 Å². The highest BCUT2D eigenvalue weighted by atomic mass is 16.5. The van der Waals surface area contributed by atoms with Gasteiger partial charge in [-0.15, -0.1) is 0 Å². The van der Waals surface area contributed by atoms with Gasteiger partial charge >= 0.3 is 0 Å². The first kappa shape index (κ1) is 21.3. The Bertz CT molecular complexity index is 1180. The van der Waals surface area contributed by atoms with Crippen molar-refractivity contribution in [3.05, 3.63) is 119 Å². The van der Waals surface area contributed by atoms with Crippen LogP contribution in [0.5, 0.6) is 11.5 Å². The van der Waals surface area contributed by atoms with Gasteiger partial charge in [0.05, 0.1) is 19.1 Å². The monoisotopic (exact) mass is 434 g/mol. The average molecular weight is 435 g/mol. The molecule has 4 aromatic carbocycles. The number of hydrogen-bond donors (Lipinski definition) is 0. The summed E-state index contributed by atoms with van der Waals surface area (Å²) in [4.78, 5) is 0. The third-order valence-corrected chi connectivity index (χ3v) is 6.78. The summed E-state index contributed by atoms with van der Waals surface area (Å²) in [6.45, 7) is 2.98. The van der Waals surface area contributed by atoms with E-state index >= 15 is 0 Å². The number of methoxy groups -OCH3 is 1. The summed E-state index contributed by atoms with van der Waals surface area (Å²) < 4.78 is 11.5. The molecule has 1 aliphatic rings. The summed E-state index contributed by atoms with van der Waals surface area (Å²) in [5.41, 5.74) is 7.30. The zero-order valence-electron chi connectivity index (χ0n) is 19.4. The van der Waals surface area contributed by atoms with Gasteiger partial charge in [-0.1, -0.05) is 92.6 Å². The Hall–Kier alpha value is -3.52. The molecule has 5 rings (SSSR count). The second-order valence-corrected chi connectivity index (χ2v) is 8.65. The summed E-state index contributed by atoms with van der Waals surface area (Å²) in [5.74, 6) is 1.79. The third kappa shape index (κ3) is 3.60. The summed E-state index contributed by atoms with van der Waals surface area (Å²) in [6, 6.07) is 34.8. The Morgan fingerprint density at radius 3 is 1.64 bits per heavy atom. The Morgan fingerprint density at radius 2 is 1.12 bits per heavy atom. The van der Waals surface area contributed by atoms with Crippen LogP contribution in [0.25, 0.3) is 11.1 Å². The fraction of sp³-hybridized carbons (Fsp3) is 0.226. The molecular weight excluding hydrogens is 404 g/mol. The lowest BCUT2D eigenvalue weighted by molar-refractivity contribution is 0.306. The first-order chi connectivity index (χ1) is 16.3. The molecule has 0 unspecified atom stereocenters. The zero-order valence-corrected chi connectivity index (χ0v) is 19.4. The van der Waals surface area contributed by atoms with Crippen LogP contribution in [0, 0.1) is 0 Å². The number of rotatable bonds is 8. The lowest BCUT2D eigenvalue weighted by Gasteiger charge is -2.34. The molecule has 4 aromatic rings. The molecule has 0 aromatic heterocycles. The molecule has 0 atom stereocenters. The van der Waals surface area contributed by atoms with Gasteiger partial charge in [-0.25, -0.2) is 0 Å². The van der Waals surface area contributed by atoms with Crippen molar-refractivity contribution in [2.45, 2.75) is 31.6 Å². The fourth-order valence-corrected chi connectivity index (χ4v) is 5.21. The number of ether oxygens (including phenoxy) is 2. The largest absolute Gasteiger partial charge is 0.497 e. The first-order valence-electron chi connectivity index (χ1n) is 11.9. The van der Waals surface area contributed by atoms with Gasteiger partial charge in [0.25, 0.3) is 0 Å². The Labute approximate surface area is 196 Å². The summed E-state index contributed by atoms with van der Waals surface area (Å²) >= 11 is 0. The van der Waals surface area contributed by atoms with Crippen molar-refractivity contribution in [1.29, 1.82) is 0 Å². The first-order valence-corrected chi connectivity index (χ1v) is 11.9. The predicted octanol–water partition coefficient (Wildman–Crippen LogP) is 7.63. The van der Waals surface area contributed by atoms with Gasteiger partial charge in [-0.05, 0) is 64.1 Å². The van der Waals surface area contributed by atoms with Crippen LogP contribution in [-0.4, -0.2) is 13.7 Å². The topological polar surface area (TPSA) is 18.5 Å². The van der Waals surface area contributed by atoms with Gasteiger partial charge < -0.3 is 9.47 Å². The van der Waals surface area contributed by atoms with Gasteiger partial charge in [0.15, 0.2) is 0 Å². The van der Waals surface area contributed by atoms with Gasteiger partial charge in [0.1, 0.15) is 11.5 Å². The highest BCUT2D eigenvalue weighted by Crippen LogP contribution is 2.56. The van der Waals surface area contributed by atoms with Crippen LogP contribution in [-0.2, 0) is 5.41 Å². The van der Waals surface area contributed by atoms with Crippen molar-refractivity contribution in [3.8, 4) is 22.6 Å². The highest BCUT2D eigenvalue weighted by molar-refractivity contribution is 5.86. The molecule has 0 spiro atoms. The normalized spacial score (nSPS) is 13.3. The molecule has 0 radical (unpaired) electrons. The minimum absolute atomic E-state index is 0.389. The standard InChI is InChI=1S/C31H30O2/c1-3-4-9-22-33-26-20-16-24(17-21-26)31(23-14-18-25(32-2)19-15-23)29-12-7-5-10-27(29)28-11-6-8-13-30(28)31/h5-8,10-21H,3-4,9,22H2,1-2H3. The van der Waals surface area contributed by atoms with E-state index in [9.17, 15) is 0 Å². The third-order valence-electron chi connectivity index (χ3n) is 6.78. The van der Waals surface area contributed by atoms with E-state index in [-0.39, 0.29) is 5.41 Å². The van der Waals surface area contributed by atoms with Crippen molar-refractivity contribution >= 4 is 0 Å². The van der Waals surface area contributed by atoms with Gasteiger partial charge in [-0.2, -0.15) is 0 Å². The van der Waals surface area contributed by atoms with E-state index < -0.39 is 0 Å². The molecule has 0 saturated heterocycles. The highest BCUT2D eigenvalue weighted by Gasteiger charge is 2.45. The van der Waals surface area contributed by atoms with Crippen molar-refractivity contribution in [2.75, 3.05) is 13.7 Å². The number of fused-ring (bicyclic) bond motifs is 3. The van der Waals surface area contributed by atoms with Gasteiger partial charge in [0, 0.05) is 0 Å². The van der Waals surface area contributed by atoms with Crippen molar-refractivity contribution < 1.29 is 9.47 Å². The van der Waals surface area contributed by atoms with Crippen LogP contribution < -0.4 is 9.47 Å². The smallest absolute Gasteiger partial charge is 0.119 e. The maximum Gasteiger partial charge on any atom is 0.119 e. The quantitative estimate of drug-likeness (QED) is 0.234. The van der Waals surface area contributed by atoms with E-state index in [1.807, 2.05) is 0 Å². The molecule has 0 N–H and O–H groups in total. The Balaban J connectivity index is 1.67. The van der Waals surface area contributed by atoms with E-state index in [1.165, 1.54) is 46.2 Å². The van der Waals surface area contributed by atoms with Crippen molar-refractivity contribution in [3.63, 3.8) is 0 Å². The number of hydrogen-bond acceptors (Lipinski definition) is 2. The minimum atomic E-state index is -0.389. The summed E-state index contributed by atoms with van der Waals surface area (Å²) in [6.07, 6.45) is 3.49. The van der Waals surface area contributed by atoms with E-state index in [0.29, 0.717) is 0 Å². The lowest BCUT2D eigenvalue weighted by Crippen LogP contribution is -2.28. The van der Waals surface area contributed by atoms with Crippen LogP contribution in [0.4, 0.5) is 0 Å². The summed E-state index contributed by atoms with van der Waals surface area (Å²) in [5, 5.41) is 0. The molecule has 166 valence electrons. The Morgan fingerprint density at radius 1 is 0.606 bits per heavy atom. The second kappa shape index (κ2) is 9.15. The molecule has 1 aliphatic carbocycles. The molecule has 2 nitrogen and oxygen atoms in total. The maximum absolute atomic E-state index is 6.02. The number of benzene rings is 4. The van der Waals surface area contributed by atoms with Gasteiger partial charge in [0.2, 0.25) is 0 Å². The molecule has 0 aliphatic heterocycles. The van der Waals surface area contributed by atoms with Crippen LogP contribution in [0.3, 0.4) is 0 Å². The predicted molar refractivity (Wildman–Crippen MR) is 135 cm³/mol. The van der Waals surface area contributed by atoms with E-state index in [2.05, 4.69) is 104 Å². The minimum Gasteiger partial charge on any atom is -0.497 e.